The average molecular weight is 565 g/mol. The summed E-state index contributed by atoms with van der Waals surface area (Å²) in [6, 6.07) is 20.4. The van der Waals surface area contributed by atoms with Gasteiger partial charge in [0.05, 0.1) is 16.4 Å². The van der Waals surface area contributed by atoms with Crippen LogP contribution in [0, 0.1) is 3.57 Å². The molecule has 0 heterocycles. The molecule has 0 spiro atoms. The Morgan fingerprint density at radius 3 is 2.53 bits per heavy atom. The second-order valence-corrected chi connectivity index (χ2v) is 8.17. The van der Waals surface area contributed by atoms with Crippen LogP contribution in [0.4, 0.5) is 0 Å². The van der Waals surface area contributed by atoms with Crippen LogP contribution in [0.1, 0.15) is 18.1 Å². The molecule has 0 saturated heterocycles. The van der Waals surface area contributed by atoms with Crippen molar-refractivity contribution < 1.29 is 19.0 Å². The highest BCUT2D eigenvalue weighted by atomic mass is 127. The standard InChI is InChI=1S/C24H22ClIN2O4/c1-2-30-22-13-18(12-21(26)24(22)32-15-17-6-4-3-5-7-17)14-27-28-23(29)16-31-20-10-8-19(25)9-11-20/h3-14H,2,15-16H2,1H3,(H,28,29)/b27-14-. The first-order chi connectivity index (χ1) is 15.5. The molecular formula is C24H22ClIN2O4. The maximum atomic E-state index is 12.0. The first kappa shape index (κ1) is 23.9. The van der Waals surface area contributed by atoms with Crippen molar-refractivity contribution in [2.75, 3.05) is 13.2 Å². The van der Waals surface area contributed by atoms with E-state index in [1.807, 2.05) is 49.4 Å². The van der Waals surface area contributed by atoms with Crippen molar-refractivity contribution in [1.82, 2.24) is 5.43 Å². The van der Waals surface area contributed by atoms with Crippen LogP contribution in [0.5, 0.6) is 17.2 Å². The molecule has 0 unspecified atom stereocenters. The van der Waals surface area contributed by atoms with Crippen molar-refractivity contribution in [2.45, 2.75) is 13.5 Å². The summed E-state index contributed by atoms with van der Waals surface area (Å²) in [5, 5.41) is 4.61. The second kappa shape index (κ2) is 12.3. The Labute approximate surface area is 205 Å². The largest absolute Gasteiger partial charge is 0.490 e. The summed E-state index contributed by atoms with van der Waals surface area (Å²) >= 11 is 8.02. The summed E-state index contributed by atoms with van der Waals surface area (Å²) in [6.07, 6.45) is 1.55. The van der Waals surface area contributed by atoms with E-state index in [-0.39, 0.29) is 12.5 Å². The molecule has 8 heteroatoms. The van der Waals surface area contributed by atoms with Gasteiger partial charge in [-0.05, 0) is 77.0 Å². The molecule has 0 aliphatic rings. The van der Waals surface area contributed by atoms with Crippen LogP contribution in [0.3, 0.4) is 0 Å². The predicted molar refractivity (Wildman–Crippen MR) is 134 cm³/mol. The van der Waals surface area contributed by atoms with E-state index in [0.29, 0.717) is 35.5 Å². The van der Waals surface area contributed by atoms with E-state index in [4.69, 9.17) is 25.8 Å². The lowest BCUT2D eigenvalue weighted by Crippen LogP contribution is -2.24. The van der Waals surface area contributed by atoms with E-state index in [0.717, 1.165) is 14.7 Å². The van der Waals surface area contributed by atoms with Crippen LogP contribution in [0.25, 0.3) is 0 Å². The van der Waals surface area contributed by atoms with E-state index in [9.17, 15) is 4.79 Å². The van der Waals surface area contributed by atoms with Gasteiger partial charge in [-0.1, -0.05) is 41.9 Å². The maximum Gasteiger partial charge on any atom is 0.277 e. The third-order valence-corrected chi connectivity index (χ3v) is 5.20. The van der Waals surface area contributed by atoms with E-state index in [2.05, 4.69) is 33.1 Å². The fraction of sp³-hybridized carbons (Fsp3) is 0.167. The number of carbonyl (C=O) groups excluding carboxylic acids is 1. The number of nitrogens with one attached hydrogen (secondary N) is 1. The molecule has 0 aromatic heterocycles. The van der Waals surface area contributed by atoms with Crippen molar-refractivity contribution in [1.29, 1.82) is 0 Å². The second-order valence-electron chi connectivity index (χ2n) is 6.57. The number of nitrogens with zero attached hydrogens (tertiary/aromatic N) is 1. The first-order valence-corrected chi connectivity index (χ1v) is 11.3. The number of hydrazone groups is 1. The Hall–Kier alpha value is -2.78. The molecule has 0 saturated carbocycles. The Balaban J connectivity index is 1.59. The fourth-order valence-corrected chi connectivity index (χ4v) is 3.59. The van der Waals surface area contributed by atoms with Gasteiger partial charge >= 0.3 is 0 Å². The summed E-state index contributed by atoms with van der Waals surface area (Å²) in [5.41, 5.74) is 4.29. The molecule has 0 aliphatic heterocycles. The van der Waals surface area contributed by atoms with Crippen molar-refractivity contribution in [3.63, 3.8) is 0 Å². The van der Waals surface area contributed by atoms with Crippen LogP contribution in [0.2, 0.25) is 5.02 Å². The fourth-order valence-electron chi connectivity index (χ4n) is 2.69. The van der Waals surface area contributed by atoms with E-state index in [1.165, 1.54) is 0 Å². The van der Waals surface area contributed by atoms with Crippen LogP contribution >= 0.6 is 34.2 Å². The predicted octanol–water partition coefficient (Wildman–Crippen LogP) is 5.45. The van der Waals surface area contributed by atoms with Gasteiger partial charge in [0, 0.05) is 5.02 Å². The molecule has 3 aromatic carbocycles. The highest BCUT2D eigenvalue weighted by Crippen LogP contribution is 2.34. The van der Waals surface area contributed by atoms with Gasteiger partial charge in [0.2, 0.25) is 0 Å². The summed E-state index contributed by atoms with van der Waals surface area (Å²) in [6.45, 7) is 2.69. The molecule has 166 valence electrons. The van der Waals surface area contributed by atoms with Crippen molar-refractivity contribution in [3.05, 3.63) is 86.4 Å². The number of benzene rings is 3. The van der Waals surface area contributed by atoms with Crippen LogP contribution in [0.15, 0.2) is 71.8 Å². The quantitative estimate of drug-likeness (QED) is 0.202. The van der Waals surface area contributed by atoms with Crippen molar-refractivity contribution in [3.8, 4) is 17.2 Å². The molecule has 32 heavy (non-hydrogen) atoms. The lowest BCUT2D eigenvalue weighted by atomic mass is 10.2. The molecule has 3 aromatic rings. The van der Waals surface area contributed by atoms with Gasteiger partial charge in [-0.3, -0.25) is 4.79 Å². The highest BCUT2D eigenvalue weighted by Gasteiger charge is 2.12. The smallest absolute Gasteiger partial charge is 0.277 e. The molecule has 1 amide bonds. The molecule has 3 rings (SSSR count). The third-order valence-electron chi connectivity index (χ3n) is 4.14. The average Bonchev–Trinajstić information content (AvgIpc) is 2.79. The molecule has 0 radical (unpaired) electrons. The molecule has 0 fully saturated rings. The lowest BCUT2D eigenvalue weighted by Gasteiger charge is -2.14. The summed E-state index contributed by atoms with van der Waals surface area (Å²) in [4.78, 5) is 12.0. The van der Waals surface area contributed by atoms with Gasteiger partial charge in [0.25, 0.3) is 5.91 Å². The number of ether oxygens (including phenoxy) is 3. The van der Waals surface area contributed by atoms with Gasteiger partial charge in [-0.25, -0.2) is 5.43 Å². The number of amides is 1. The SMILES string of the molecule is CCOc1cc(/C=N\NC(=O)COc2ccc(Cl)cc2)cc(I)c1OCc1ccccc1. The maximum absolute atomic E-state index is 12.0. The Kier molecular flexibility index (Phi) is 9.18. The molecular weight excluding hydrogens is 543 g/mol. The van der Waals surface area contributed by atoms with Gasteiger partial charge in [-0.2, -0.15) is 5.10 Å². The molecule has 6 nitrogen and oxygen atoms in total. The zero-order chi connectivity index (χ0) is 22.8. The molecule has 1 N–H and O–H groups in total. The monoisotopic (exact) mass is 564 g/mol. The van der Waals surface area contributed by atoms with Crippen LogP contribution in [-0.4, -0.2) is 25.3 Å². The van der Waals surface area contributed by atoms with E-state index >= 15 is 0 Å². The minimum Gasteiger partial charge on any atom is -0.490 e. The Morgan fingerprint density at radius 1 is 1.06 bits per heavy atom. The summed E-state index contributed by atoms with van der Waals surface area (Å²) in [7, 11) is 0. The van der Waals surface area contributed by atoms with Crippen LogP contribution < -0.4 is 19.6 Å². The van der Waals surface area contributed by atoms with Crippen LogP contribution in [-0.2, 0) is 11.4 Å². The van der Waals surface area contributed by atoms with Crippen molar-refractivity contribution >= 4 is 46.3 Å². The summed E-state index contributed by atoms with van der Waals surface area (Å²) in [5.74, 6) is 1.47. The minimum absolute atomic E-state index is 0.160. The first-order valence-electron chi connectivity index (χ1n) is 9.88. The van der Waals surface area contributed by atoms with E-state index in [1.54, 1.807) is 30.5 Å². The lowest BCUT2D eigenvalue weighted by molar-refractivity contribution is -0.123. The van der Waals surface area contributed by atoms with E-state index < -0.39 is 0 Å². The van der Waals surface area contributed by atoms with Gasteiger partial charge in [-0.15, -0.1) is 0 Å². The molecule has 0 bridgehead atoms. The molecule has 0 atom stereocenters. The minimum atomic E-state index is -0.376. The van der Waals surface area contributed by atoms with Crippen molar-refractivity contribution in [2.24, 2.45) is 5.10 Å². The molecule has 0 aliphatic carbocycles. The Bertz CT molecular complexity index is 1060. The zero-order valence-electron chi connectivity index (χ0n) is 17.4. The number of halogens is 2. The number of hydrogen-bond donors (Lipinski definition) is 1. The van der Waals surface area contributed by atoms with Gasteiger partial charge in [0.1, 0.15) is 12.4 Å². The normalized spacial score (nSPS) is 10.7. The highest BCUT2D eigenvalue weighted by molar-refractivity contribution is 14.1. The summed E-state index contributed by atoms with van der Waals surface area (Å²) < 4.78 is 18.0. The zero-order valence-corrected chi connectivity index (χ0v) is 20.3. The van der Waals surface area contributed by atoms with Gasteiger partial charge < -0.3 is 14.2 Å². The number of carbonyl (C=O) groups is 1. The Morgan fingerprint density at radius 2 is 1.81 bits per heavy atom. The third kappa shape index (κ3) is 7.42. The number of rotatable bonds is 10. The van der Waals surface area contributed by atoms with Gasteiger partial charge in [0.15, 0.2) is 18.1 Å². The number of hydrogen-bond acceptors (Lipinski definition) is 5. The topological polar surface area (TPSA) is 69.2 Å².